The van der Waals surface area contributed by atoms with E-state index >= 15 is 0 Å². The van der Waals surface area contributed by atoms with E-state index in [1.54, 1.807) is 0 Å². The Morgan fingerprint density at radius 1 is 0.923 bits per heavy atom. The molecule has 1 fully saturated rings. The fourth-order valence-corrected chi connectivity index (χ4v) is 6.07. The van der Waals surface area contributed by atoms with E-state index < -0.39 is 6.04 Å². The number of carbonyl (C=O) groups excluding carboxylic acids is 2. The molecule has 3 aliphatic heterocycles. The first-order valence-corrected chi connectivity index (χ1v) is 14.2. The molecule has 0 spiro atoms. The second-order valence-electron chi connectivity index (χ2n) is 10.6. The lowest BCUT2D eigenvalue weighted by molar-refractivity contribution is -0.137. The predicted molar refractivity (Wildman–Crippen MR) is 155 cm³/mol. The number of nitrogens with zero attached hydrogens (tertiary/aromatic N) is 2. The highest BCUT2D eigenvalue weighted by Gasteiger charge is 2.32. The lowest BCUT2D eigenvalue weighted by Crippen LogP contribution is -2.58. The summed E-state index contributed by atoms with van der Waals surface area (Å²) in [5.74, 6) is -0.174. The van der Waals surface area contributed by atoms with Crippen LogP contribution >= 0.6 is 11.6 Å². The van der Waals surface area contributed by atoms with Gasteiger partial charge in [-0.25, -0.2) is 0 Å². The summed E-state index contributed by atoms with van der Waals surface area (Å²) < 4.78 is 0. The zero-order valence-corrected chi connectivity index (χ0v) is 22.7. The lowest BCUT2D eigenvalue weighted by atomic mass is 9.95. The molecule has 0 bridgehead atoms. The van der Waals surface area contributed by atoms with Crippen LogP contribution in [0.5, 0.6) is 0 Å². The van der Waals surface area contributed by atoms with Crippen LogP contribution in [0.2, 0.25) is 5.02 Å². The van der Waals surface area contributed by atoms with Crippen LogP contribution in [0.4, 0.5) is 11.4 Å². The number of hydrogen-bond donors (Lipinski definition) is 3. The molecule has 0 aromatic heterocycles. The molecule has 6 rings (SSSR count). The molecule has 2 atom stereocenters. The number of halogens is 1. The van der Waals surface area contributed by atoms with Crippen molar-refractivity contribution in [2.45, 2.75) is 37.9 Å². The smallest absolute Gasteiger partial charge is 0.245 e. The number of para-hydroxylation sites is 1. The highest BCUT2D eigenvalue weighted by molar-refractivity contribution is 6.30. The van der Waals surface area contributed by atoms with Crippen LogP contribution < -0.4 is 20.9 Å². The van der Waals surface area contributed by atoms with Crippen molar-refractivity contribution in [2.75, 3.05) is 42.9 Å². The molecule has 3 N–H and O–H groups in total. The Hall–Kier alpha value is -3.55. The van der Waals surface area contributed by atoms with Crippen LogP contribution in [0, 0.1) is 0 Å². The van der Waals surface area contributed by atoms with Gasteiger partial charge < -0.3 is 25.8 Å². The average molecular weight is 544 g/mol. The summed E-state index contributed by atoms with van der Waals surface area (Å²) in [6.07, 6.45) is 2.08. The van der Waals surface area contributed by atoms with Gasteiger partial charge in [-0.05, 0) is 53.3 Å². The van der Waals surface area contributed by atoms with E-state index in [0.29, 0.717) is 37.5 Å². The molecular formula is C31H34ClN5O2. The van der Waals surface area contributed by atoms with E-state index in [2.05, 4.69) is 51.2 Å². The molecular weight excluding hydrogens is 510 g/mol. The van der Waals surface area contributed by atoms with Gasteiger partial charge in [0.1, 0.15) is 6.04 Å². The van der Waals surface area contributed by atoms with Gasteiger partial charge in [-0.2, -0.15) is 0 Å². The van der Waals surface area contributed by atoms with E-state index in [-0.39, 0.29) is 17.9 Å². The van der Waals surface area contributed by atoms with Crippen molar-refractivity contribution < 1.29 is 9.59 Å². The van der Waals surface area contributed by atoms with Gasteiger partial charge in [0, 0.05) is 50.7 Å². The van der Waals surface area contributed by atoms with E-state index in [9.17, 15) is 9.59 Å². The first-order valence-electron chi connectivity index (χ1n) is 13.8. The zero-order chi connectivity index (χ0) is 26.8. The van der Waals surface area contributed by atoms with Crippen LogP contribution in [-0.2, 0) is 35.4 Å². The molecule has 3 aromatic carbocycles. The van der Waals surface area contributed by atoms with Crippen LogP contribution in [-0.4, -0.2) is 61.5 Å². The highest BCUT2D eigenvalue weighted by Crippen LogP contribution is 2.34. The van der Waals surface area contributed by atoms with Crippen molar-refractivity contribution in [1.29, 1.82) is 0 Å². The number of amides is 2. The van der Waals surface area contributed by atoms with Gasteiger partial charge in [0.2, 0.25) is 11.8 Å². The lowest BCUT2D eigenvalue weighted by Gasteiger charge is -2.38. The van der Waals surface area contributed by atoms with E-state index in [0.717, 1.165) is 31.6 Å². The van der Waals surface area contributed by atoms with Gasteiger partial charge in [0.05, 0.1) is 17.4 Å². The molecule has 0 unspecified atom stereocenters. The summed E-state index contributed by atoms with van der Waals surface area (Å²) in [5.41, 5.74) is 7.15. The minimum absolute atomic E-state index is 0.0365. The third-order valence-electron chi connectivity index (χ3n) is 8.12. The van der Waals surface area contributed by atoms with Crippen LogP contribution in [0.1, 0.15) is 22.3 Å². The summed E-state index contributed by atoms with van der Waals surface area (Å²) >= 11 is 6.10. The van der Waals surface area contributed by atoms with Crippen molar-refractivity contribution in [1.82, 2.24) is 15.5 Å². The topological polar surface area (TPSA) is 76.7 Å². The summed E-state index contributed by atoms with van der Waals surface area (Å²) in [6.45, 7) is 4.36. The maximum Gasteiger partial charge on any atom is 0.245 e. The SMILES string of the molecule is O=C(N[C@H](Cc1ccc(Cl)cc1)C(=O)N1CCN(c2cccc3c2NCC3)CC1)[C@H]1Cc2ccccc2CN1. The zero-order valence-electron chi connectivity index (χ0n) is 22.0. The first kappa shape index (κ1) is 25.7. The second-order valence-corrected chi connectivity index (χ2v) is 11.0. The fourth-order valence-electron chi connectivity index (χ4n) is 5.94. The summed E-state index contributed by atoms with van der Waals surface area (Å²) in [5, 5.41) is 10.6. The van der Waals surface area contributed by atoms with Gasteiger partial charge in [-0.3, -0.25) is 9.59 Å². The molecule has 0 radical (unpaired) electrons. The quantitative estimate of drug-likeness (QED) is 0.444. The van der Waals surface area contributed by atoms with Crippen molar-refractivity contribution in [2.24, 2.45) is 0 Å². The van der Waals surface area contributed by atoms with Crippen LogP contribution in [0.25, 0.3) is 0 Å². The Balaban J connectivity index is 1.15. The van der Waals surface area contributed by atoms with Crippen molar-refractivity contribution in [3.05, 3.63) is 94.0 Å². The standard InChI is InChI=1S/C31H34ClN5O2/c32-25-10-8-21(9-11-25)18-27(35-30(38)26-19-23-4-1-2-5-24(23)20-34-26)31(39)37-16-14-36(15-17-37)28-7-3-6-22-12-13-33-29(22)28/h1-11,26-27,33-34H,12-20H2,(H,35,38)/t26-,27-/m1/s1. The second kappa shape index (κ2) is 11.3. The number of fused-ring (bicyclic) bond motifs is 2. The van der Waals surface area contributed by atoms with Crippen molar-refractivity contribution in [3.63, 3.8) is 0 Å². The number of carbonyl (C=O) groups is 2. The number of rotatable bonds is 6. The van der Waals surface area contributed by atoms with Gasteiger partial charge in [-0.15, -0.1) is 0 Å². The molecule has 2 amide bonds. The third-order valence-corrected chi connectivity index (χ3v) is 8.37. The molecule has 3 aromatic rings. The van der Waals surface area contributed by atoms with Gasteiger partial charge in [-0.1, -0.05) is 60.1 Å². The normalized spacial score (nSPS) is 19.1. The van der Waals surface area contributed by atoms with E-state index in [1.807, 2.05) is 41.3 Å². The highest BCUT2D eigenvalue weighted by atomic mass is 35.5. The molecule has 7 nitrogen and oxygen atoms in total. The largest absolute Gasteiger partial charge is 0.383 e. The average Bonchev–Trinajstić information content (AvgIpc) is 3.47. The Morgan fingerprint density at radius 3 is 2.46 bits per heavy atom. The number of piperazine rings is 1. The number of hydrogen-bond acceptors (Lipinski definition) is 5. The third kappa shape index (κ3) is 5.60. The maximum atomic E-state index is 13.9. The van der Waals surface area contributed by atoms with Crippen molar-refractivity contribution in [3.8, 4) is 0 Å². The molecule has 39 heavy (non-hydrogen) atoms. The van der Waals surface area contributed by atoms with Gasteiger partial charge >= 0.3 is 0 Å². The Morgan fingerprint density at radius 2 is 1.67 bits per heavy atom. The molecule has 0 aliphatic carbocycles. The summed E-state index contributed by atoms with van der Waals surface area (Å²) in [4.78, 5) is 31.5. The van der Waals surface area contributed by atoms with Crippen molar-refractivity contribution >= 4 is 34.8 Å². The minimum atomic E-state index is -0.646. The number of benzene rings is 3. The van der Waals surface area contributed by atoms with E-state index in [4.69, 9.17) is 11.6 Å². The Labute approximate surface area is 234 Å². The van der Waals surface area contributed by atoms with Crippen LogP contribution in [0.15, 0.2) is 66.7 Å². The van der Waals surface area contributed by atoms with E-state index in [1.165, 1.54) is 28.1 Å². The Bertz CT molecular complexity index is 1350. The first-order chi connectivity index (χ1) is 19.0. The molecule has 1 saturated heterocycles. The Kier molecular flexibility index (Phi) is 7.44. The fraction of sp³-hybridized carbons (Fsp3) is 0.355. The molecule has 0 saturated carbocycles. The summed E-state index contributed by atoms with van der Waals surface area (Å²) in [7, 11) is 0. The maximum absolute atomic E-state index is 13.9. The molecule has 8 heteroatoms. The number of nitrogens with one attached hydrogen (secondary N) is 3. The molecule has 3 heterocycles. The van der Waals surface area contributed by atoms with Crippen LogP contribution in [0.3, 0.4) is 0 Å². The minimum Gasteiger partial charge on any atom is -0.383 e. The molecule has 202 valence electrons. The summed E-state index contributed by atoms with van der Waals surface area (Å²) in [6, 6.07) is 21.1. The van der Waals surface area contributed by atoms with Gasteiger partial charge in [0.15, 0.2) is 0 Å². The van der Waals surface area contributed by atoms with Gasteiger partial charge in [0.25, 0.3) is 0 Å². The predicted octanol–water partition coefficient (Wildman–Crippen LogP) is 3.40. The molecule has 3 aliphatic rings. The monoisotopic (exact) mass is 543 g/mol. The number of anilines is 2.